The normalized spacial score (nSPS) is 18.6. The first-order valence-corrected chi connectivity index (χ1v) is 12.7. The second-order valence-electron chi connectivity index (χ2n) is 9.49. The van der Waals surface area contributed by atoms with E-state index < -0.39 is 35.5 Å². The lowest BCUT2D eigenvalue weighted by Crippen LogP contribution is -2.50. The van der Waals surface area contributed by atoms with Crippen LogP contribution in [0.4, 0.5) is 36.3 Å². The van der Waals surface area contributed by atoms with Gasteiger partial charge in [-0.25, -0.2) is 4.98 Å². The van der Waals surface area contributed by atoms with Gasteiger partial charge in [-0.05, 0) is 50.3 Å². The fourth-order valence-electron chi connectivity index (χ4n) is 4.29. The predicted molar refractivity (Wildman–Crippen MR) is 138 cm³/mol. The number of rotatable bonds is 10. The Labute approximate surface area is 223 Å². The van der Waals surface area contributed by atoms with Gasteiger partial charge < -0.3 is 30.7 Å². The number of carbonyl (C=O) groups excluding carboxylic acids is 2. The van der Waals surface area contributed by atoms with E-state index in [1.165, 1.54) is 17.0 Å². The van der Waals surface area contributed by atoms with Crippen LogP contribution in [-0.4, -0.2) is 69.7 Å². The van der Waals surface area contributed by atoms with Gasteiger partial charge in [-0.15, -0.1) is 0 Å². The molecule has 2 aromatic rings. The van der Waals surface area contributed by atoms with Gasteiger partial charge >= 0.3 is 6.18 Å². The van der Waals surface area contributed by atoms with Crippen LogP contribution in [0.2, 0.25) is 0 Å². The molecule has 0 spiro atoms. The number of piperidine rings is 1. The van der Waals surface area contributed by atoms with E-state index in [1.54, 1.807) is 12.1 Å². The van der Waals surface area contributed by atoms with E-state index in [0.29, 0.717) is 25.6 Å². The third kappa shape index (κ3) is 7.45. The monoisotopic (exact) mass is 548 g/mol. The molecule has 2 heterocycles. The molecule has 2 atom stereocenters. The number of aliphatic hydroxyl groups excluding tert-OH is 1. The molecule has 1 saturated heterocycles. The summed E-state index contributed by atoms with van der Waals surface area (Å²) in [6.45, 7) is 3.99. The fraction of sp³-hybridized carbons (Fsp3) is 0.462. The quantitative estimate of drug-likeness (QED) is 0.331. The standard InChI is InChI=1S/C26H31F3N6O4/c1-2-22(37)32-19-10-3-4-11-20(19)33-23-18(26(27,28)29)13-30-25(34-23)31-16-7-6-12-35(14-16)24(38)21(36)15-39-17-8-5-9-17/h2-4,10-11,13,16-17,21,36H,1,5-9,12,14-15H2,(H,32,37)(H2,30,31,33,34). The van der Waals surface area contributed by atoms with Crippen molar-refractivity contribution in [2.24, 2.45) is 0 Å². The number of halogens is 3. The van der Waals surface area contributed by atoms with Crippen molar-refractivity contribution < 1.29 is 32.6 Å². The van der Waals surface area contributed by atoms with Crippen LogP contribution in [0.25, 0.3) is 0 Å². The van der Waals surface area contributed by atoms with Crippen LogP contribution < -0.4 is 16.0 Å². The first kappa shape index (κ1) is 28.3. The molecule has 0 radical (unpaired) electrons. The zero-order valence-electron chi connectivity index (χ0n) is 21.2. The number of alkyl halides is 3. The van der Waals surface area contributed by atoms with Crippen molar-refractivity contribution in [1.29, 1.82) is 0 Å². The van der Waals surface area contributed by atoms with Crippen LogP contribution in [0.1, 0.15) is 37.7 Å². The number of likely N-dealkylation sites (tertiary alicyclic amines) is 1. The third-order valence-electron chi connectivity index (χ3n) is 6.61. The minimum atomic E-state index is -4.74. The Morgan fingerprint density at radius 1 is 1.21 bits per heavy atom. The van der Waals surface area contributed by atoms with Gasteiger partial charge in [0.2, 0.25) is 11.9 Å². The number of amides is 2. The molecule has 1 saturated carbocycles. The Kier molecular flexibility index (Phi) is 9.02. The summed E-state index contributed by atoms with van der Waals surface area (Å²) in [6, 6.07) is 5.90. The van der Waals surface area contributed by atoms with Crippen molar-refractivity contribution >= 4 is 35.0 Å². The molecule has 4 rings (SSSR count). The van der Waals surface area contributed by atoms with Crippen molar-refractivity contribution in [2.75, 3.05) is 35.6 Å². The fourth-order valence-corrected chi connectivity index (χ4v) is 4.29. The number of aliphatic hydroxyl groups is 1. The van der Waals surface area contributed by atoms with E-state index >= 15 is 0 Å². The number of aromatic nitrogens is 2. The van der Waals surface area contributed by atoms with Crippen LogP contribution in [-0.2, 0) is 20.5 Å². The van der Waals surface area contributed by atoms with Gasteiger partial charge in [-0.1, -0.05) is 18.7 Å². The van der Waals surface area contributed by atoms with E-state index in [-0.39, 0.29) is 42.6 Å². The number of hydrogen-bond donors (Lipinski definition) is 4. The number of nitrogens with one attached hydrogen (secondary N) is 3. The van der Waals surface area contributed by atoms with Crippen molar-refractivity contribution in [1.82, 2.24) is 14.9 Å². The van der Waals surface area contributed by atoms with Gasteiger partial charge in [-0.3, -0.25) is 9.59 Å². The number of anilines is 4. The summed E-state index contributed by atoms with van der Waals surface area (Å²) in [7, 11) is 0. The zero-order chi connectivity index (χ0) is 28.0. The molecule has 2 fully saturated rings. The van der Waals surface area contributed by atoms with Gasteiger partial charge in [-0.2, -0.15) is 18.2 Å². The molecule has 2 unspecified atom stereocenters. The van der Waals surface area contributed by atoms with Gasteiger partial charge in [0.1, 0.15) is 11.4 Å². The number of carbonyl (C=O) groups is 2. The average Bonchev–Trinajstić information content (AvgIpc) is 2.88. The first-order chi connectivity index (χ1) is 18.6. The largest absolute Gasteiger partial charge is 0.421 e. The molecule has 1 aromatic heterocycles. The second kappa shape index (κ2) is 12.4. The summed E-state index contributed by atoms with van der Waals surface area (Å²) in [4.78, 5) is 33.9. The van der Waals surface area contributed by atoms with E-state index in [4.69, 9.17) is 4.74 Å². The topological polar surface area (TPSA) is 129 Å². The number of benzene rings is 1. The molecule has 1 aromatic carbocycles. The smallest absolute Gasteiger partial charge is 0.381 e. The molecule has 4 N–H and O–H groups in total. The minimum Gasteiger partial charge on any atom is -0.381 e. The third-order valence-corrected chi connectivity index (χ3v) is 6.61. The lowest BCUT2D eigenvalue weighted by Gasteiger charge is -2.35. The molecular weight excluding hydrogens is 517 g/mol. The number of hydrogen-bond acceptors (Lipinski definition) is 8. The molecule has 0 bridgehead atoms. The van der Waals surface area contributed by atoms with Crippen LogP contribution in [0, 0.1) is 0 Å². The predicted octanol–water partition coefficient (Wildman–Crippen LogP) is 3.70. The molecule has 13 heteroatoms. The maximum absolute atomic E-state index is 13.8. The van der Waals surface area contributed by atoms with Gasteiger partial charge in [0.05, 0.1) is 24.1 Å². The highest BCUT2D eigenvalue weighted by Crippen LogP contribution is 2.36. The molecule has 39 heavy (non-hydrogen) atoms. The number of nitrogens with zero attached hydrogens (tertiary/aromatic N) is 3. The molecule has 1 aliphatic heterocycles. The summed E-state index contributed by atoms with van der Waals surface area (Å²) in [5.74, 6) is -1.55. The van der Waals surface area contributed by atoms with Crippen LogP contribution in [0.5, 0.6) is 0 Å². The SMILES string of the molecule is C=CC(=O)Nc1ccccc1Nc1nc(NC2CCCN(C(=O)C(O)COC3CCC3)C2)ncc1C(F)(F)F. The zero-order valence-corrected chi connectivity index (χ0v) is 21.2. The Morgan fingerprint density at radius 2 is 1.95 bits per heavy atom. The van der Waals surface area contributed by atoms with Gasteiger partial charge in [0.25, 0.3) is 5.91 Å². The summed E-state index contributed by atoms with van der Waals surface area (Å²) in [6.07, 6.45) is -0.0206. The number of para-hydroxylation sites is 2. The summed E-state index contributed by atoms with van der Waals surface area (Å²) in [5, 5.41) is 18.5. The Morgan fingerprint density at radius 3 is 2.62 bits per heavy atom. The van der Waals surface area contributed by atoms with Crippen LogP contribution in [0.3, 0.4) is 0 Å². The molecule has 2 aliphatic rings. The second-order valence-corrected chi connectivity index (χ2v) is 9.49. The highest BCUT2D eigenvalue weighted by Gasteiger charge is 2.36. The Bertz CT molecular complexity index is 1190. The van der Waals surface area contributed by atoms with Gasteiger partial charge in [0, 0.05) is 25.3 Å². The molecule has 10 nitrogen and oxygen atoms in total. The molecular formula is C26H31F3N6O4. The van der Waals surface area contributed by atoms with Gasteiger partial charge in [0.15, 0.2) is 6.10 Å². The van der Waals surface area contributed by atoms with Crippen LogP contribution >= 0.6 is 0 Å². The summed E-state index contributed by atoms with van der Waals surface area (Å²) < 4.78 is 46.8. The average molecular weight is 549 g/mol. The summed E-state index contributed by atoms with van der Waals surface area (Å²) in [5.41, 5.74) is -0.659. The Balaban J connectivity index is 1.46. The highest BCUT2D eigenvalue weighted by atomic mass is 19.4. The van der Waals surface area contributed by atoms with Crippen molar-refractivity contribution in [3.8, 4) is 0 Å². The highest BCUT2D eigenvalue weighted by molar-refractivity contribution is 6.01. The van der Waals surface area contributed by atoms with E-state index in [1.807, 2.05) is 0 Å². The number of ether oxygens (including phenoxy) is 1. The van der Waals surface area contributed by atoms with Crippen LogP contribution in [0.15, 0.2) is 43.1 Å². The lowest BCUT2D eigenvalue weighted by atomic mass is 9.96. The molecule has 210 valence electrons. The van der Waals surface area contributed by atoms with Crippen molar-refractivity contribution in [2.45, 2.75) is 56.5 Å². The summed E-state index contributed by atoms with van der Waals surface area (Å²) >= 11 is 0. The Hall–Kier alpha value is -3.71. The molecule has 2 amide bonds. The molecule has 1 aliphatic carbocycles. The van der Waals surface area contributed by atoms with E-state index in [9.17, 15) is 27.9 Å². The van der Waals surface area contributed by atoms with E-state index in [2.05, 4.69) is 32.5 Å². The maximum atomic E-state index is 13.8. The minimum absolute atomic E-state index is 0.0636. The maximum Gasteiger partial charge on any atom is 0.421 e. The van der Waals surface area contributed by atoms with Crippen molar-refractivity contribution in [3.05, 3.63) is 48.7 Å². The van der Waals surface area contributed by atoms with Crippen molar-refractivity contribution in [3.63, 3.8) is 0 Å². The lowest BCUT2D eigenvalue weighted by molar-refractivity contribution is -0.147. The van der Waals surface area contributed by atoms with E-state index in [0.717, 1.165) is 25.3 Å². The first-order valence-electron chi connectivity index (χ1n) is 12.7.